The average Bonchev–Trinajstić information content (AvgIpc) is 2.92. The number of halogens is 4. The predicted octanol–water partition coefficient (Wildman–Crippen LogP) is 4.04. The highest BCUT2D eigenvalue weighted by Gasteiger charge is 2.30. The van der Waals surface area contributed by atoms with Gasteiger partial charge in [-0.15, -0.1) is 0 Å². The Morgan fingerprint density at radius 1 is 1.19 bits per heavy atom. The number of hydrogen-bond donors (Lipinski definition) is 1. The van der Waals surface area contributed by atoms with E-state index in [-0.39, 0.29) is 0 Å². The molecular weight excluding hydrogens is 345 g/mol. The molecule has 1 heterocycles. The van der Waals surface area contributed by atoms with Crippen LogP contribution < -0.4 is 5.32 Å². The number of likely N-dealkylation sites (tertiary alicyclic amines) is 1. The Kier molecular flexibility index (Phi) is 6.08. The average molecular weight is 365 g/mol. The summed E-state index contributed by atoms with van der Waals surface area (Å²) in [6.45, 7) is 4.69. The molecule has 0 unspecified atom stereocenters. The summed E-state index contributed by atoms with van der Waals surface area (Å²) in [4.78, 5) is 2.43. The van der Waals surface area contributed by atoms with Crippen LogP contribution in [0.4, 0.5) is 13.2 Å². The van der Waals surface area contributed by atoms with Crippen LogP contribution in [0.2, 0.25) is 0 Å². The van der Waals surface area contributed by atoms with Crippen LogP contribution in [0.15, 0.2) is 22.7 Å². The largest absolute Gasteiger partial charge is 0.416 e. The van der Waals surface area contributed by atoms with Crippen LogP contribution in [0, 0.1) is 0 Å². The van der Waals surface area contributed by atoms with E-state index in [4.69, 9.17) is 0 Å². The van der Waals surface area contributed by atoms with Crippen molar-refractivity contribution in [1.82, 2.24) is 10.2 Å². The SMILES string of the molecule is FC(F)(F)c1ccc(Br)c(CNCCCN2CCCC2)c1. The molecule has 0 bridgehead atoms. The molecule has 1 aromatic rings. The molecule has 1 aromatic carbocycles. The molecule has 2 rings (SSSR count). The maximum atomic E-state index is 12.7. The molecule has 0 aromatic heterocycles. The van der Waals surface area contributed by atoms with Crippen LogP contribution in [-0.2, 0) is 12.7 Å². The van der Waals surface area contributed by atoms with E-state index < -0.39 is 11.7 Å². The normalized spacial score (nSPS) is 16.6. The Labute approximate surface area is 131 Å². The summed E-state index contributed by atoms with van der Waals surface area (Å²) in [5, 5.41) is 3.22. The molecule has 1 aliphatic rings. The van der Waals surface area contributed by atoms with E-state index in [1.807, 2.05) is 0 Å². The maximum Gasteiger partial charge on any atom is 0.416 e. The summed E-state index contributed by atoms with van der Waals surface area (Å²) in [7, 11) is 0. The van der Waals surface area contributed by atoms with Gasteiger partial charge in [0.1, 0.15) is 0 Å². The molecule has 0 amide bonds. The lowest BCUT2D eigenvalue weighted by Crippen LogP contribution is -2.24. The van der Waals surface area contributed by atoms with E-state index in [2.05, 4.69) is 26.1 Å². The second-order valence-corrected chi connectivity index (χ2v) is 6.24. The van der Waals surface area contributed by atoms with Crippen molar-refractivity contribution in [2.45, 2.75) is 32.0 Å². The lowest BCUT2D eigenvalue weighted by atomic mass is 10.1. The van der Waals surface area contributed by atoms with Gasteiger partial charge in [-0.25, -0.2) is 0 Å². The molecular formula is C15H20BrF3N2. The second kappa shape index (κ2) is 7.61. The standard InChI is InChI=1S/C15H20BrF3N2/c16-14-5-4-13(15(17,18)19)10-12(14)11-20-6-3-9-21-7-1-2-8-21/h4-5,10,20H,1-3,6-9,11H2. The van der Waals surface area contributed by atoms with Crippen molar-refractivity contribution in [2.24, 2.45) is 0 Å². The van der Waals surface area contributed by atoms with E-state index in [1.54, 1.807) is 0 Å². The maximum absolute atomic E-state index is 12.7. The molecule has 1 aliphatic heterocycles. The molecule has 118 valence electrons. The Bertz CT molecular complexity index is 457. The van der Waals surface area contributed by atoms with Gasteiger partial charge in [-0.05, 0) is 69.2 Å². The zero-order chi connectivity index (χ0) is 15.3. The predicted molar refractivity (Wildman–Crippen MR) is 81.1 cm³/mol. The monoisotopic (exact) mass is 364 g/mol. The van der Waals surface area contributed by atoms with Gasteiger partial charge >= 0.3 is 6.18 Å². The first-order valence-corrected chi connectivity index (χ1v) is 8.05. The molecule has 0 saturated carbocycles. The Morgan fingerprint density at radius 2 is 1.90 bits per heavy atom. The van der Waals surface area contributed by atoms with Crippen molar-refractivity contribution in [3.8, 4) is 0 Å². The minimum atomic E-state index is -4.29. The number of nitrogens with one attached hydrogen (secondary N) is 1. The fourth-order valence-electron chi connectivity index (χ4n) is 2.54. The second-order valence-electron chi connectivity index (χ2n) is 5.38. The molecule has 1 N–H and O–H groups in total. The van der Waals surface area contributed by atoms with Crippen LogP contribution in [0.1, 0.15) is 30.4 Å². The highest BCUT2D eigenvalue weighted by atomic mass is 79.9. The van der Waals surface area contributed by atoms with E-state index in [1.165, 1.54) is 38.1 Å². The lowest BCUT2D eigenvalue weighted by molar-refractivity contribution is -0.137. The van der Waals surface area contributed by atoms with Crippen molar-refractivity contribution >= 4 is 15.9 Å². The Balaban J connectivity index is 1.77. The van der Waals surface area contributed by atoms with Crippen LogP contribution in [-0.4, -0.2) is 31.1 Å². The van der Waals surface area contributed by atoms with Gasteiger partial charge in [0.2, 0.25) is 0 Å². The van der Waals surface area contributed by atoms with Crippen molar-refractivity contribution in [2.75, 3.05) is 26.2 Å². The number of hydrogen-bond acceptors (Lipinski definition) is 2. The zero-order valence-electron chi connectivity index (χ0n) is 11.8. The minimum absolute atomic E-state index is 0.449. The molecule has 0 aliphatic carbocycles. The van der Waals surface area contributed by atoms with E-state index in [0.717, 1.165) is 25.6 Å². The van der Waals surface area contributed by atoms with E-state index in [9.17, 15) is 13.2 Å². The van der Waals surface area contributed by atoms with Crippen molar-refractivity contribution in [1.29, 1.82) is 0 Å². The summed E-state index contributed by atoms with van der Waals surface area (Å²) in [5.74, 6) is 0. The summed E-state index contributed by atoms with van der Waals surface area (Å²) < 4.78 is 38.7. The van der Waals surface area contributed by atoms with E-state index in [0.29, 0.717) is 16.6 Å². The zero-order valence-corrected chi connectivity index (χ0v) is 13.4. The van der Waals surface area contributed by atoms with Crippen LogP contribution in [0.3, 0.4) is 0 Å². The minimum Gasteiger partial charge on any atom is -0.313 e. The van der Waals surface area contributed by atoms with Crippen molar-refractivity contribution < 1.29 is 13.2 Å². The molecule has 1 fully saturated rings. The first kappa shape index (κ1) is 16.8. The summed E-state index contributed by atoms with van der Waals surface area (Å²) in [6.07, 6.45) is -0.697. The van der Waals surface area contributed by atoms with Gasteiger partial charge in [0.25, 0.3) is 0 Å². The molecule has 0 spiro atoms. The van der Waals surface area contributed by atoms with E-state index >= 15 is 0 Å². The first-order chi connectivity index (χ1) is 9.97. The number of rotatable bonds is 6. The third kappa shape index (κ3) is 5.27. The number of benzene rings is 1. The highest BCUT2D eigenvalue weighted by Crippen LogP contribution is 2.31. The first-order valence-electron chi connectivity index (χ1n) is 7.25. The molecule has 21 heavy (non-hydrogen) atoms. The third-order valence-corrected chi connectivity index (χ3v) is 4.49. The molecule has 0 radical (unpaired) electrons. The Hall–Kier alpha value is -0.590. The summed E-state index contributed by atoms with van der Waals surface area (Å²) in [6, 6.07) is 3.77. The molecule has 2 nitrogen and oxygen atoms in total. The van der Waals surface area contributed by atoms with Gasteiger partial charge < -0.3 is 10.2 Å². The fourth-order valence-corrected chi connectivity index (χ4v) is 2.93. The molecule has 0 atom stereocenters. The smallest absolute Gasteiger partial charge is 0.313 e. The molecule has 1 saturated heterocycles. The van der Waals surface area contributed by atoms with Crippen LogP contribution >= 0.6 is 15.9 Å². The van der Waals surface area contributed by atoms with Gasteiger partial charge in [0.15, 0.2) is 0 Å². The van der Waals surface area contributed by atoms with Gasteiger partial charge in [0.05, 0.1) is 5.56 Å². The van der Waals surface area contributed by atoms with Crippen LogP contribution in [0.25, 0.3) is 0 Å². The number of nitrogens with zero attached hydrogens (tertiary/aromatic N) is 1. The number of alkyl halides is 3. The Morgan fingerprint density at radius 3 is 2.57 bits per heavy atom. The van der Waals surface area contributed by atoms with Gasteiger partial charge in [-0.3, -0.25) is 0 Å². The lowest BCUT2D eigenvalue weighted by Gasteiger charge is -2.15. The van der Waals surface area contributed by atoms with Gasteiger partial charge in [-0.1, -0.05) is 15.9 Å². The fraction of sp³-hybridized carbons (Fsp3) is 0.600. The third-order valence-electron chi connectivity index (χ3n) is 3.72. The van der Waals surface area contributed by atoms with Crippen LogP contribution in [0.5, 0.6) is 0 Å². The van der Waals surface area contributed by atoms with Crippen molar-refractivity contribution in [3.05, 3.63) is 33.8 Å². The quantitative estimate of drug-likeness (QED) is 0.766. The summed E-state index contributed by atoms with van der Waals surface area (Å²) >= 11 is 3.30. The van der Waals surface area contributed by atoms with Crippen molar-refractivity contribution in [3.63, 3.8) is 0 Å². The van der Waals surface area contributed by atoms with Gasteiger partial charge in [0, 0.05) is 11.0 Å². The van der Waals surface area contributed by atoms with Gasteiger partial charge in [-0.2, -0.15) is 13.2 Å². The highest BCUT2D eigenvalue weighted by molar-refractivity contribution is 9.10. The molecule has 6 heteroatoms. The summed E-state index contributed by atoms with van der Waals surface area (Å²) in [5.41, 5.74) is 0.0468. The topological polar surface area (TPSA) is 15.3 Å².